The molecule has 6 nitrogen and oxygen atoms in total. The van der Waals surface area contributed by atoms with Crippen molar-refractivity contribution >= 4 is 22.9 Å². The van der Waals surface area contributed by atoms with Crippen LogP contribution in [-0.2, 0) is 13.6 Å². The first-order chi connectivity index (χ1) is 8.06. The third kappa shape index (κ3) is 2.56. The maximum atomic E-state index is 11.8. The van der Waals surface area contributed by atoms with Gasteiger partial charge in [0, 0.05) is 24.3 Å². The van der Waals surface area contributed by atoms with Crippen LogP contribution in [0.3, 0.4) is 0 Å². The number of aromatic amines is 1. The first-order valence-electron chi connectivity index (χ1n) is 4.93. The summed E-state index contributed by atoms with van der Waals surface area (Å²) in [4.78, 5) is 25.2. The number of hydrogen-bond donors (Lipinski definition) is 3. The van der Waals surface area contributed by atoms with E-state index in [-0.39, 0.29) is 10.8 Å². The summed E-state index contributed by atoms with van der Waals surface area (Å²) in [6, 6.07) is 1.60. The zero-order valence-corrected chi connectivity index (χ0v) is 10.0. The van der Waals surface area contributed by atoms with Crippen molar-refractivity contribution in [3.8, 4) is 0 Å². The number of carbonyl (C=O) groups excluding carboxylic acids is 1. The molecule has 0 unspecified atom stereocenters. The van der Waals surface area contributed by atoms with E-state index in [1.807, 2.05) is 0 Å². The summed E-state index contributed by atoms with van der Waals surface area (Å²) in [6.07, 6.45) is 1.67. The number of nitrogens with two attached hydrogens (primary N) is 1. The minimum atomic E-state index is -0.226. The molecule has 7 heteroatoms. The molecule has 0 saturated carbocycles. The van der Waals surface area contributed by atoms with E-state index < -0.39 is 0 Å². The summed E-state index contributed by atoms with van der Waals surface area (Å²) >= 11 is 1.07. The quantitative estimate of drug-likeness (QED) is 0.733. The number of thiazole rings is 1. The molecule has 0 spiro atoms. The highest BCUT2D eigenvalue weighted by Crippen LogP contribution is 2.08. The van der Waals surface area contributed by atoms with Gasteiger partial charge >= 0.3 is 4.87 Å². The molecule has 0 bridgehead atoms. The smallest absolute Gasteiger partial charge is 0.304 e. The summed E-state index contributed by atoms with van der Waals surface area (Å²) in [5.41, 5.74) is 7.30. The van der Waals surface area contributed by atoms with E-state index in [1.54, 1.807) is 29.3 Å². The lowest BCUT2D eigenvalue weighted by Gasteiger charge is -2.04. The van der Waals surface area contributed by atoms with Crippen molar-refractivity contribution in [3.05, 3.63) is 38.7 Å². The van der Waals surface area contributed by atoms with Gasteiger partial charge in [0.05, 0.1) is 12.2 Å². The Labute approximate surface area is 101 Å². The number of rotatable bonds is 3. The molecule has 2 aromatic heterocycles. The predicted octanol–water partition coefficient (Wildman–Crippen LogP) is 0.287. The lowest BCUT2D eigenvalue weighted by Crippen LogP contribution is -2.25. The summed E-state index contributed by atoms with van der Waals surface area (Å²) in [6.45, 7) is 0.294. The molecule has 0 aliphatic carbocycles. The Kier molecular flexibility index (Phi) is 3.01. The number of nitrogen functional groups attached to an aromatic ring is 1. The van der Waals surface area contributed by atoms with Crippen molar-refractivity contribution in [1.29, 1.82) is 0 Å². The molecular formula is C10H12N4O2S. The van der Waals surface area contributed by atoms with Crippen molar-refractivity contribution in [1.82, 2.24) is 14.9 Å². The van der Waals surface area contributed by atoms with Crippen LogP contribution in [0, 0.1) is 0 Å². The molecule has 0 saturated heterocycles. The van der Waals surface area contributed by atoms with Crippen molar-refractivity contribution in [2.45, 2.75) is 6.54 Å². The van der Waals surface area contributed by atoms with Gasteiger partial charge in [0.2, 0.25) is 0 Å². The molecule has 1 amide bonds. The van der Waals surface area contributed by atoms with Gasteiger partial charge in [-0.1, -0.05) is 11.3 Å². The van der Waals surface area contributed by atoms with Gasteiger partial charge in [0.15, 0.2) is 0 Å². The molecule has 90 valence electrons. The first kappa shape index (κ1) is 11.5. The fourth-order valence-electron chi connectivity index (χ4n) is 1.48. The molecule has 2 aromatic rings. The van der Waals surface area contributed by atoms with E-state index in [1.165, 1.54) is 0 Å². The second kappa shape index (κ2) is 4.46. The number of H-pyrrole nitrogens is 1. The Balaban J connectivity index is 2.02. The Morgan fingerprint density at radius 3 is 2.94 bits per heavy atom. The van der Waals surface area contributed by atoms with E-state index in [2.05, 4.69) is 10.3 Å². The molecule has 2 heterocycles. The summed E-state index contributed by atoms with van der Waals surface area (Å²) in [5.74, 6) is -0.226. The van der Waals surface area contributed by atoms with Gasteiger partial charge in [0.1, 0.15) is 5.69 Å². The standard InChI is InChI=1S/C10H12N4O2S/c1-14-4-6(11)2-8(14)9(15)12-3-7-5-17-10(16)13-7/h2,4-5H,3,11H2,1H3,(H,12,15)(H,13,16). The molecular weight excluding hydrogens is 240 g/mol. The van der Waals surface area contributed by atoms with E-state index in [0.717, 1.165) is 11.3 Å². The van der Waals surface area contributed by atoms with Gasteiger partial charge in [0.25, 0.3) is 5.91 Å². The number of nitrogens with zero attached hydrogens (tertiary/aromatic N) is 1. The van der Waals surface area contributed by atoms with Gasteiger partial charge in [-0.2, -0.15) is 0 Å². The second-order valence-electron chi connectivity index (χ2n) is 3.63. The fourth-order valence-corrected chi connectivity index (χ4v) is 2.06. The van der Waals surface area contributed by atoms with Crippen LogP contribution in [0.15, 0.2) is 22.4 Å². The minimum Gasteiger partial charge on any atom is -0.397 e. The highest BCUT2D eigenvalue weighted by atomic mass is 32.1. The maximum Gasteiger partial charge on any atom is 0.304 e. The topological polar surface area (TPSA) is 92.9 Å². The predicted molar refractivity (Wildman–Crippen MR) is 65.9 cm³/mol. The Morgan fingerprint density at radius 1 is 1.65 bits per heavy atom. The number of aromatic nitrogens is 2. The zero-order valence-electron chi connectivity index (χ0n) is 9.19. The van der Waals surface area contributed by atoms with Gasteiger partial charge in [-0.25, -0.2) is 0 Å². The maximum absolute atomic E-state index is 11.8. The number of nitrogens with one attached hydrogen (secondary N) is 2. The fraction of sp³-hybridized carbons (Fsp3) is 0.200. The Morgan fingerprint density at radius 2 is 2.41 bits per heavy atom. The van der Waals surface area contributed by atoms with Crippen LogP contribution >= 0.6 is 11.3 Å². The highest BCUT2D eigenvalue weighted by molar-refractivity contribution is 7.07. The molecule has 4 N–H and O–H groups in total. The van der Waals surface area contributed by atoms with E-state index in [0.29, 0.717) is 23.6 Å². The van der Waals surface area contributed by atoms with Crippen LogP contribution in [0.5, 0.6) is 0 Å². The Bertz CT molecular complexity index is 595. The largest absolute Gasteiger partial charge is 0.397 e. The van der Waals surface area contributed by atoms with Crippen LogP contribution in [-0.4, -0.2) is 15.5 Å². The average Bonchev–Trinajstić information content (AvgIpc) is 2.81. The van der Waals surface area contributed by atoms with E-state index in [9.17, 15) is 9.59 Å². The Hall–Kier alpha value is -2.02. The van der Waals surface area contributed by atoms with Crippen molar-refractivity contribution in [3.63, 3.8) is 0 Å². The summed E-state index contributed by atoms with van der Waals surface area (Å²) in [7, 11) is 1.75. The molecule has 0 aliphatic heterocycles. The number of amides is 1. The van der Waals surface area contributed by atoms with E-state index >= 15 is 0 Å². The van der Waals surface area contributed by atoms with Crippen LogP contribution in [0.25, 0.3) is 0 Å². The van der Waals surface area contributed by atoms with Crippen molar-refractivity contribution < 1.29 is 4.79 Å². The molecule has 0 fully saturated rings. The van der Waals surface area contributed by atoms with Crippen LogP contribution < -0.4 is 15.9 Å². The van der Waals surface area contributed by atoms with Crippen LogP contribution in [0.1, 0.15) is 16.2 Å². The molecule has 2 rings (SSSR count). The molecule has 0 aromatic carbocycles. The second-order valence-corrected chi connectivity index (χ2v) is 4.47. The lowest BCUT2D eigenvalue weighted by molar-refractivity contribution is 0.0942. The van der Waals surface area contributed by atoms with Gasteiger partial charge < -0.3 is 20.6 Å². The van der Waals surface area contributed by atoms with E-state index in [4.69, 9.17) is 5.73 Å². The average molecular weight is 252 g/mol. The van der Waals surface area contributed by atoms with Crippen molar-refractivity contribution in [2.24, 2.45) is 7.05 Å². The number of carbonyl (C=O) groups is 1. The normalized spacial score (nSPS) is 10.4. The molecule has 0 aliphatic rings. The number of aryl methyl sites for hydroxylation is 1. The third-order valence-electron chi connectivity index (χ3n) is 2.27. The first-order valence-corrected chi connectivity index (χ1v) is 5.81. The van der Waals surface area contributed by atoms with Gasteiger partial charge in [-0.3, -0.25) is 9.59 Å². The van der Waals surface area contributed by atoms with Crippen LogP contribution in [0.2, 0.25) is 0 Å². The minimum absolute atomic E-state index is 0.127. The zero-order chi connectivity index (χ0) is 12.4. The highest BCUT2D eigenvalue weighted by Gasteiger charge is 2.10. The lowest BCUT2D eigenvalue weighted by atomic mass is 10.3. The van der Waals surface area contributed by atoms with Crippen LogP contribution in [0.4, 0.5) is 5.69 Å². The van der Waals surface area contributed by atoms with Gasteiger partial charge in [-0.15, -0.1) is 0 Å². The van der Waals surface area contributed by atoms with Gasteiger partial charge in [-0.05, 0) is 6.07 Å². The van der Waals surface area contributed by atoms with Crippen molar-refractivity contribution in [2.75, 3.05) is 5.73 Å². The monoisotopic (exact) mass is 252 g/mol. The summed E-state index contributed by atoms with van der Waals surface area (Å²) < 4.78 is 1.65. The molecule has 0 atom stereocenters. The summed E-state index contributed by atoms with van der Waals surface area (Å²) in [5, 5.41) is 4.39. The number of hydrogen-bond acceptors (Lipinski definition) is 4. The molecule has 17 heavy (non-hydrogen) atoms. The number of anilines is 1. The molecule has 0 radical (unpaired) electrons. The third-order valence-corrected chi connectivity index (χ3v) is 2.99. The SMILES string of the molecule is Cn1cc(N)cc1C(=O)NCc1csc(=O)[nH]1.